The van der Waals surface area contributed by atoms with Gasteiger partial charge in [0.25, 0.3) is 0 Å². The third kappa shape index (κ3) is 3.44. The minimum absolute atomic E-state index is 0.0382. The first-order valence-electron chi connectivity index (χ1n) is 4.94. The Morgan fingerprint density at radius 1 is 1.41 bits per heavy atom. The Morgan fingerprint density at radius 2 is 2.06 bits per heavy atom. The predicted octanol–water partition coefficient (Wildman–Crippen LogP) is -0.614. The number of nitrogens with zero attached hydrogens (tertiary/aromatic N) is 3. The lowest BCUT2D eigenvalue weighted by atomic mass is 9.93. The van der Waals surface area contributed by atoms with Crippen LogP contribution in [-0.2, 0) is 4.79 Å². The molecule has 0 bridgehead atoms. The van der Waals surface area contributed by atoms with Crippen molar-refractivity contribution >= 4 is 17.8 Å². The molecule has 8 heteroatoms. The van der Waals surface area contributed by atoms with E-state index in [4.69, 9.17) is 16.2 Å². The van der Waals surface area contributed by atoms with Crippen LogP contribution in [0.3, 0.4) is 0 Å². The Hall–Kier alpha value is -2.12. The van der Waals surface area contributed by atoms with Gasteiger partial charge in [-0.2, -0.15) is 15.0 Å². The molecule has 0 aliphatic heterocycles. The molecule has 94 valence electrons. The van der Waals surface area contributed by atoms with Crippen LogP contribution in [-0.4, -0.2) is 34.5 Å². The first kappa shape index (κ1) is 12.9. The third-order valence-corrected chi connectivity index (χ3v) is 2.17. The zero-order valence-corrected chi connectivity index (χ0v) is 10.0. The highest BCUT2D eigenvalue weighted by Crippen LogP contribution is 2.15. The van der Waals surface area contributed by atoms with Crippen molar-refractivity contribution in [3.63, 3.8) is 0 Å². The van der Waals surface area contributed by atoms with Crippen molar-refractivity contribution in [2.75, 3.05) is 24.7 Å². The van der Waals surface area contributed by atoms with Crippen LogP contribution in [0, 0.1) is 5.41 Å². The van der Waals surface area contributed by atoms with Gasteiger partial charge in [-0.15, -0.1) is 0 Å². The summed E-state index contributed by atoms with van der Waals surface area (Å²) in [5.41, 5.74) is 9.99. The monoisotopic (exact) mass is 240 g/mol. The number of aromatic nitrogens is 3. The van der Waals surface area contributed by atoms with Gasteiger partial charge in [0.05, 0.1) is 12.5 Å². The molecule has 5 N–H and O–H groups in total. The molecule has 0 aliphatic carbocycles. The summed E-state index contributed by atoms with van der Waals surface area (Å²) >= 11 is 0. The van der Waals surface area contributed by atoms with Crippen LogP contribution in [0.4, 0.5) is 11.9 Å². The van der Waals surface area contributed by atoms with E-state index in [1.54, 1.807) is 13.8 Å². The van der Waals surface area contributed by atoms with E-state index >= 15 is 0 Å². The Balaban J connectivity index is 2.76. The molecular formula is C9H16N6O2. The molecular weight excluding hydrogens is 224 g/mol. The summed E-state index contributed by atoms with van der Waals surface area (Å²) in [7, 11) is 1.42. The molecule has 0 saturated heterocycles. The molecule has 17 heavy (non-hydrogen) atoms. The van der Waals surface area contributed by atoms with Gasteiger partial charge in [-0.1, -0.05) is 0 Å². The van der Waals surface area contributed by atoms with Gasteiger partial charge in [0, 0.05) is 6.54 Å². The molecule has 0 unspecified atom stereocenters. The van der Waals surface area contributed by atoms with Crippen molar-refractivity contribution in [2.24, 2.45) is 11.1 Å². The number of rotatable bonds is 5. The molecule has 1 aromatic heterocycles. The number of ether oxygens (including phenoxy) is 1. The quantitative estimate of drug-likeness (QED) is 0.625. The molecule has 8 nitrogen and oxygen atoms in total. The minimum atomic E-state index is -0.714. The standard InChI is InChI=1S/C9H16N6O2/c1-9(2,5(10)16)4-12-7-13-6(11)14-8(15-7)17-3/h4H2,1-3H3,(H2,10,16)(H3,11,12,13,14,15). The molecule has 0 aliphatic rings. The number of hydrogen-bond acceptors (Lipinski definition) is 7. The number of nitrogens with one attached hydrogen (secondary N) is 1. The molecule has 0 aromatic carbocycles. The fourth-order valence-corrected chi connectivity index (χ4v) is 0.930. The highest BCUT2D eigenvalue weighted by Gasteiger charge is 2.25. The van der Waals surface area contributed by atoms with E-state index < -0.39 is 11.3 Å². The summed E-state index contributed by atoms with van der Waals surface area (Å²) < 4.78 is 4.84. The topological polar surface area (TPSA) is 129 Å². The van der Waals surface area contributed by atoms with Crippen molar-refractivity contribution in [3.8, 4) is 6.01 Å². The van der Waals surface area contributed by atoms with Gasteiger partial charge < -0.3 is 21.5 Å². The van der Waals surface area contributed by atoms with Gasteiger partial charge in [-0.3, -0.25) is 4.79 Å². The van der Waals surface area contributed by atoms with Crippen molar-refractivity contribution < 1.29 is 9.53 Å². The van der Waals surface area contributed by atoms with E-state index in [2.05, 4.69) is 20.3 Å². The fraction of sp³-hybridized carbons (Fsp3) is 0.556. The second kappa shape index (κ2) is 4.81. The van der Waals surface area contributed by atoms with Gasteiger partial charge in [-0.25, -0.2) is 0 Å². The summed E-state index contributed by atoms with van der Waals surface area (Å²) in [6.07, 6.45) is 0. The minimum Gasteiger partial charge on any atom is -0.467 e. The maximum atomic E-state index is 11.1. The van der Waals surface area contributed by atoms with Crippen LogP contribution in [0.1, 0.15) is 13.8 Å². The Bertz CT molecular complexity index is 420. The van der Waals surface area contributed by atoms with E-state index in [0.717, 1.165) is 0 Å². The molecule has 0 saturated carbocycles. The maximum Gasteiger partial charge on any atom is 0.322 e. The van der Waals surface area contributed by atoms with Crippen molar-refractivity contribution in [1.82, 2.24) is 15.0 Å². The number of amides is 1. The average Bonchev–Trinajstić information content (AvgIpc) is 2.25. The van der Waals surface area contributed by atoms with E-state index in [1.807, 2.05) is 0 Å². The van der Waals surface area contributed by atoms with Gasteiger partial charge in [0.2, 0.25) is 17.8 Å². The number of methoxy groups -OCH3 is 1. The smallest absolute Gasteiger partial charge is 0.322 e. The lowest BCUT2D eigenvalue weighted by molar-refractivity contribution is -0.125. The molecule has 1 amide bonds. The SMILES string of the molecule is COc1nc(N)nc(NCC(C)(C)C(N)=O)n1. The van der Waals surface area contributed by atoms with Crippen molar-refractivity contribution in [1.29, 1.82) is 0 Å². The highest BCUT2D eigenvalue weighted by atomic mass is 16.5. The molecule has 1 aromatic rings. The van der Waals surface area contributed by atoms with Crippen LogP contribution in [0.15, 0.2) is 0 Å². The number of carbonyl (C=O) groups is 1. The summed E-state index contributed by atoms with van der Waals surface area (Å²) in [5, 5.41) is 2.86. The van der Waals surface area contributed by atoms with Crippen LogP contribution >= 0.6 is 0 Å². The Labute approximate surface area is 98.8 Å². The maximum absolute atomic E-state index is 11.1. The number of nitrogen functional groups attached to an aromatic ring is 1. The third-order valence-electron chi connectivity index (χ3n) is 2.17. The van der Waals surface area contributed by atoms with E-state index in [-0.39, 0.29) is 24.5 Å². The Kier molecular flexibility index (Phi) is 3.66. The Morgan fingerprint density at radius 3 is 2.59 bits per heavy atom. The van der Waals surface area contributed by atoms with E-state index in [1.165, 1.54) is 7.11 Å². The molecule has 0 radical (unpaired) electrons. The first-order valence-corrected chi connectivity index (χ1v) is 4.94. The second-order valence-corrected chi connectivity index (χ2v) is 4.11. The zero-order chi connectivity index (χ0) is 13.1. The molecule has 0 spiro atoms. The zero-order valence-electron chi connectivity index (χ0n) is 10.0. The van der Waals surface area contributed by atoms with E-state index in [9.17, 15) is 4.79 Å². The average molecular weight is 240 g/mol. The molecule has 0 fully saturated rings. The number of anilines is 2. The first-order chi connectivity index (χ1) is 7.85. The fourth-order valence-electron chi connectivity index (χ4n) is 0.930. The molecule has 0 atom stereocenters. The van der Waals surface area contributed by atoms with Crippen LogP contribution in [0.5, 0.6) is 6.01 Å². The van der Waals surface area contributed by atoms with Crippen molar-refractivity contribution in [2.45, 2.75) is 13.8 Å². The lowest BCUT2D eigenvalue weighted by Crippen LogP contribution is -2.37. The number of primary amides is 1. The van der Waals surface area contributed by atoms with Crippen LogP contribution < -0.4 is 21.5 Å². The second-order valence-electron chi connectivity index (χ2n) is 4.11. The normalized spacial score (nSPS) is 11.0. The summed E-state index contributed by atoms with van der Waals surface area (Å²) in [4.78, 5) is 22.6. The highest BCUT2D eigenvalue weighted by molar-refractivity contribution is 5.80. The van der Waals surface area contributed by atoms with Crippen LogP contribution in [0.25, 0.3) is 0 Å². The number of carbonyl (C=O) groups excluding carboxylic acids is 1. The van der Waals surface area contributed by atoms with Crippen molar-refractivity contribution in [3.05, 3.63) is 0 Å². The summed E-state index contributed by atoms with van der Waals surface area (Å²) in [6.45, 7) is 3.71. The van der Waals surface area contributed by atoms with Gasteiger partial charge in [0.1, 0.15) is 0 Å². The number of nitrogens with two attached hydrogens (primary N) is 2. The predicted molar refractivity (Wildman–Crippen MR) is 62.3 cm³/mol. The van der Waals surface area contributed by atoms with Gasteiger partial charge >= 0.3 is 6.01 Å². The number of hydrogen-bond donors (Lipinski definition) is 3. The summed E-state index contributed by atoms with van der Waals surface area (Å²) in [6, 6.07) is 0.108. The molecule has 1 rings (SSSR count). The van der Waals surface area contributed by atoms with E-state index in [0.29, 0.717) is 0 Å². The lowest BCUT2D eigenvalue weighted by Gasteiger charge is -2.20. The molecule has 1 heterocycles. The summed E-state index contributed by atoms with van der Waals surface area (Å²) in [5.74, 6) is -0.140. The largest absolute Gasteiger partial charge is 0.467 e. The van der Waals surface area contributed by atoms with Gasteiger partial charge in [0.15, 0.2) is 0 Å². The van der Waals surface area contributed by atoms with Gasteiger partial charge in [-0.05, 0) is 13.8 Å². The van der Waals surface area contributed by atoms with Crippen LogP contribution in [0.2, 0.25) is 0 Å².